The molecule has 0 spiro atoms. The first-order valence-electron chi connectivity index (χ1n) is 9.01. The number of hydrogen-bond donors (Lipinski definition) is 0. The van der Waals surface area contributed by atoms with Crippen LogP contribution < -0.4 is 4.90 Å². The van der Waals surface area contributed by atoms with E-state index in [9.17, 15) is 0 Å². The van der Waals surface area contributed by atoms with Gasteiger partial charge in [-0.25, -0.2) is 4.98 Å². The third kappa shape index (κ3) is 3.46. The Hall–Kier alpha value is -2.73. The molecule has 0 bridgehead atoms. The standard InChI is InChI=1S/C20H23N5O/c1-15-6-8-17(9-7-15)20-23-22-19(26-20)16(2)24-11-13-25(14-12-24)18-5-3-4-10-21-18/h3-10,16H,11-14H2,1-2H3/t16-/m1/s1. The van der Waals surface area contributed by atoms with Gasteiger partial charge in [0.25, 0.3) is 0 Å². The Labute approximate surface area is 153 Å². The van der Waals surface area contributed by atoms with Gasteiger partial charge in [-0.15, -0.1) is 10.2 Å². The molecular weight excluding hydrogens is 326 g/mol. The minimum Gasteiger partial charge on any atom is -0.419 e. The highest BCUT2D eigenvalue weighted by Gasteiger charge is 2.26. The summed E-state index contributed by atoms with van der Waals surface area (Å²) in [7, 11) is 0. The molecule has 3 heterocycles. The van der Waals surface area contributed by atoms with Crippen molar-refractivity contribution < 1.29 is 4.42 Å². The van der Waals surface area contributed by atoms with Crippen LogP contribution in [-0.4, -0.2) is 46.3 Å². The van der Waals surface area contributed by atoms with Crippen LogP contribution in [0.15, 0.2) is 53.1 Å². The number of piperazine rings is 1. The van der Waals surface area contributed by atoms with Gasteiger partial charge in [0.15, 0.2) is 0 Å². The van der Waals surface area contributed by atoms with E-state index in [1.54, 1.807) is 0 Å². The van der Waals surface area contributed by atoms with Crippen LogP contribution in [0.2, 0.25) is 0 Å². The van der Waals surface area contributed by atoms with Crippen LogP contribution in [0.25, 0.3) is 11.5 Å². The zero-order valence-corrected chi connectivity index (χ0v) is 15.2. The fourth-order valence-electron chi connectivity index (χ4n) is 3.25. The van der Waals surface area contributed by atoms with Gasteiger partial charge in [0.05, 0.1) is 6.04 Å². The van der Waals surface area contributed by atoms with Crippen LogP contribution in [0, 0.1) is 6.92 Å². The molecule has 1 fully saturated rings. The molecule has 0 saturated carbocycles. The minimum atomic E-state index is 0.104. The summed E-state index contributed by atoms with van der Waals surface area (Å²) in [5.74, 6) is 2.30. The Morgan fingerprint density at radius 2 is 1.73 bits per heavy atom. The average Bonchev–Trinajstić information content (AvgIpc) is 3.19. The van der Waals surface area contributed by atoms with E-state index in [0.29, 0.717) is 11.8 Å². The largest absolute Gasteiger partial charge is 0.419 e. The fraction of sp³-hybridized carbons (Fsp3) is 0.350. The van der Waals surface area contributed by atoms with Crippen molar-refractivity contribution in [3.8, 4) is 11.5 Å². The molecular formula is C20H23N5O. The van der Waals surface area contributed by atoms with Crippen LogP contribution in [0.5, 0.6) is 0 Å². The van der Waals surface area contributed by atoms with Gasteiger partial charge in [0, 0.05) is 37.9 Å². The molecule has 4 rings (SSSR count). The van der Waals surface area contributed by atoms with Gasteiger partial charge in [-0.1, -0.05) is 23.8 Å². The molecule has 3 aromatic rings. The summed E-state index contributed by atoms with van der Waals surface area (Å²) in [6.07, 6.45) is 1.84. The van der Waals surface area contributed by atoms with E-state index in [0.717, 1.165) is 37.6 Å². The lowest BCUT2D eigenvalue weighted by molar-refractivity contribution is 0.173. The molecule has 1 aliphatic heterocycles. The summed E-state index contributed by atoms with van der Waals surface area (Å²) in [5.41, 5.74) is 2.18. The first-order chi connectivity index (χ1) is 12.7. The number of aromatic nitrogens is 3. The van der Waals surface area contributed by atoms with Crippen molar-refractivity contribution in [3.05, 3.63) is 60.1 Å². The maximum absolute atomic E-state index is 5.95. The van der Waals surface area contributed by atoms with Gasteiger partial charge in [-0.3, -0.25) is 4.90 Å². The molecule has 0 aliphatic carbocycles. The van der Waals surface area contributed by atoms with Crippen molar-refractivity contribution in [2.45, 2.75) is 19.9 Å². The van der Waals surface area contributed by atoms with Crippen LogP contribution >= 0.6 is 0 Å². The van der Waals surface area contributed by atoms with Crippen LogP contribution in [-0.2, 0) is 0 Å². The van der Waals surface area contributed by atoms with Crippen LogP contribution in [0.4, 0.5) is 5.82 Å². The zero-order valence-electron chi connectivity index (χ0n) is 15.2. The molecule has 0 amide bonds. The van der Waals surface area contributed by atoms with E-state index >= 15 is 0 Å². The van der Waals surface area contributed by atoms with Crippen LogP contribution in [0.1, 0.15) is 24.4 Å². The maximum atomic E-state index is 5.95. The second-order valence-electron chi connectivity index (χ2n) is 6.70. The second-order valence-corrected chi connectivity index (χ2v) is 6.70. The second kappa shape index (κ2) is 7.25. The molecule has 26 heavy (non-hydrogen) atoms. The molecule has 2 aromatic heterocycles. The molecule has 6 nitrogen and oxygen atoms in total. The molecule has 0 radical (unpaired) electrons. The lowest BCUT2D eigenvalue weighted by Crippen LogP contribution is -2.47. The topological polar surface area (TPSA) is 58.3 Å². The van der Waals surface area contributed by atoms with Crippen molar-refractivity contribution in [2.24, 2.45) is 0 Å². The average molecular weight is 349 g/mol. The van der Waals surface area contributed by atoms with Crippen molar-refractivity contribution in [1.82, 2.24) is 20.1 Å². The van der Waals surface area contributed by atoms with E-state index in [2.05, 4.69) is 57.0 Å². The van der Waals surface area contributed by atoms with Crippen molar-refractivity contribution in [2.75, 3.05) is 31.1 Å². The maximum Gasteiger partial charge on any atom is 0.247 e. The van der Waals surface area contributed by atoms with Gasteiger partial charge in [-0.05, 0) is 38.1 Å². The highest BCUT2D eigenvalue weighted by atomic mass is 16.4. The first kappa shape index (κ1) is 16.7. The number of pyridine rings is 1. The van der Waals surface area contributed by atoms with E-state index < -0.39 is 0 Å². The van der Waals surface area contributed by atoms with Crippen molar-refractivity contribution >= 4 is 5.82 Å². The number of nitrogens with zero attached hydrogens (tertiary/aromatic N) is 5. The quantitative estimate of drug-likeness (QED) is 0.720. The fourth-order valence-corrected chi connectivity index (χ4v) is 3.25. The number of anilines is 1. The van der Waals surface area contributed by atoms with E-state index in [1.165, 1.54) is 5.56 Å². The van der Waals surface area contributed by atoms with Gasteiger partial charge < -0.3 is 9.32 Å². The predicted octanol–water partition coefficient (Wildman–Crippen LogP) is 3.32. The van der Waals surface area contributed by atoms with Gasteiger partial charge >= 0.3 is 0 Å². The first-order valence-corrected chi connectivity index (χ1v) is 9.01. The highest BCUT2D eigenvalue weighted by molar-refractivity contribution is 5.52. The van der Waals surface area contributed by atoms with Gasteiger partial charge in [0.1, 0.15) is 5.82 Å². The minimum absolute atomic E-state index is 0.104. The normalized spacial score (nSPS) is 16.6. The molecule has 1 atom stereocenters. The third-order valence-electron chi connectivity index (χ3n) is 4.93. The Morgan fingerprint density at radius 1 is 0.962 bits per heavy atom. The highest BCUT2D eigenvalue weighted by Crippen LogP contribution is 2.25. The van der Waals surface area contributed by atoms with E-state index in [4.69, 9.17) is 4.42 Å². The number of aryl methyl sites for hydroxylation is 1. The summed E-state index contributed by atoms with van der Waals surface area (Å²) in [6, 6.07) is 14.3. The lowest BCUT2D eigenvalue weighted by Gasteiger charge is -2.37. The molecule has 134 valence electrons. The lowest BCUT2D eigenvalue weighted by atomic mass is 10.1. The summed E-state index contributed by atoms with van der Waals surface area (Å²) in [4.78, 5) is 9.14. The van der Waals surface area contributed by atoms with E-state index in [-0.39, 0.29) is 6.04 Å². The summed E-state index contributed by atoms with van der Waals surface area (Å²) < 4.78 is 5.95. The third-order valence-corrected chi connectivity index (χ3v) is 4.93. The Bertz CT molecular complexity index is 838. The van der Waals surface area contributed by atoms with Gasteiger partial charge in [-0.2, -0.15) is 0 Å². The Kier molecular flexibility index (Phi) is 4.67. The number of rotatable bonds is 4. The van der Waals surface area contributed by atoms with Crippen LogP contribution in [0.3, 0.4) is 0 Å². The summed E-state index contributed by atoms with van der Waals surface area (Å²) >= 11 is 0. The smallest absolute Gasteiger partial charge is 0.247 e. The molecule has 1 aliphatic rings. The SMILES string of the molecule is Cc1ccc(-c2nnc([C@@H](C)N3CCN(c4ccccn4)CC3)o2)cc1. The molecule has 0 N–H and O–H groups in total. The Morgan fingerprint density at radius 3 is 2.42 bits per heavy atom. The molecule has 0 unspecified atom stereocenters. The number of hydrogen-bond acceptors (Lipinski definition) is 6. The summed E-state index contributed by atoms with van der Waals surface area (Å²) in [6.45, 7) is 7.97. The molecule has 1 aromatic carbocycles. The van der Waals surface area contributed by atoms with Crippen molar-refractivity contribution in [1.29, 1.82) is 0 Å². The Balaban J connectivity index is 1.41. The number of benzene rings is 1. The summed E-state index contributed by atoms with van der Waals surface area (Å²) in [5, 5.41) is 8.51. The predicted molar refractivity (Wildman–Crippen MR) is 101 cm³/mol. The monoisotopic (exact) mass is 349 g/mol. The molecule has 1 saturated heterocycles. The molecule has 6 heteroatoms. The van der Waals surface area contributed by atoms with E-state index in [1.807, 2.05) is 30.5 Å². The zero-order chi connectivity index (χ0) is 17.9. The van der Waals surface area contributed by atoms with Crippen molar-refractivity contribution in [3.63, 3.8) is 0 Å². The van der Waals surface area contributed by atoms with Gasteiger partial charge in [0.2, 0.25) is 11.8 Å².